The fourth-order valence-electron chi connectivity index (χ4n) is 2.56. The van der Waals surface area contributed by atoms with Crippen molar-refractivity contribution in [3.8, 4) is 0 Å². The number of benzene rings is 1. The highest BCUT2D eigenvalue weighted by Crippen LogP contribution is 2.22. The van der Waals surface area contributed by atoms with Crippen molar-refractivity contribution in [2.45, 2.75) is 52.1 Å². The second kappa shape index (κ2) is 5.18. The van der Waals surface area contributed by atoms with Crippen LogP contribution in [0, 0.1) is 5.82 Å². The first-order chi connectivity index (χ1) is 8.06. The summed E-state index contributed by atoms with van der Waals surface area (Å²) in [5.41, 5.74) is 2.22. The molecule has 1 aromatic rings. The molecule has 1 aliphatic rings. The number of nitrogens with zero attached hydrogens (tertiary/aromatic N) is 1. The average Bonchev–Trinajstić information content (AvgIpc) is 2.63. The molecular formula is C15H22FN. The van der Waals surface area contributed by atoms with Gasteiger partial charge in [-0.2, -0.15) is 0 Å². The van der Waals surface area contributed by atoms with Gasteiger partial charge in [-0.1, -0.05) is 19.9 Å². The third-order valence-corrected chi connectivity index (χ3v) is 3.72. The van der Waals surface area contributed by atoms with Crippen LogP contribution >= 0.6 is 0 Å². The Labute approximate surface area is 104 Å². The highest BCUT2D eigenvalue weighted by molar-refractivity contribution is 5.27. The monoisotopic (exact) mass is 235 g/mol. The fraction of sp³-hybridized carbons (Fsp3) is 0.600. The van der Waals surface area contributed by atoms with E-state index in [-0.39, 0.29) is 5.82 Å². The van der Waals surface area contributed by atoms with Gasteiger partial charge in [-0.15, -0.1) is 0 Å². The van der Waals surface area contributed by atoms with Crippen molar-refractivity contribution in [3.63, 3.8) is 0 Å². The van der Waals surface area contributed by atoms with Crippen LogP contribution in [0.5, 0.6) is 0 Å². The van der Waals surface area contributed by atoms with Crippen LogP contribution in [-0.4, -0.2) is 17.5 Å². The molecule has 1 atom stereocenters. The van der Waals surface area contributed by atoms with Crippen molar-refractivity contribution in [1.29, 1.82) is 0 Å². The first-order valence-electron chi connectivity index (χ1n) is 6.59. The van der Waals surface area contributed by atoms with Gasteiger partial charge >= 0.3 is 0 Å². The molecule has 0 bridgehead atoms. The molecule has 2 rings (SSSR count). The third kappa shape index (κ3) is 3.06. The van der Waals surface area contributed by atoms with Gasteiger partial charge in [0.2, 0.25) is 0 Å². The average molecular weight is 235 g/mol. The summed E-state index contributed by atoms with van der Waals surface area (Å²) >= 11 is 0. The maximum Gasteiger partial charge on any atom is 0.123 e. The number of likely N-dealkylation sites (tertiary alicyclic amines) is 1. The molecule has 0 aliphatic carbocycles. The van der Waals surface area contributed by atoms with Crippen molar-refractivity contribution in [3.05, 3.63) is 35.1 Å². The Bertz CT molecular complexity index is 387. The SMILES string of the molecule is CC(C)c1cc(F)cc(CN2CCCC2C)c1. The van der Waals surface area contributed by atoms with Crippen LogP contribution in [0.1, 0.15) is 50.7 Å². The molecule has 94 valence electrons. The van der Waals surface area contributed by atoms with Crippen molar-refractivity contribution < 1.29 is 4.39 Å². The van der Waals surface area contributed by atoms with E-state index in [0.717, 1.165) is 24.2 Å². The Morgan fingerprint density at radius 3 is 2.71 bits per heavy atom. The van der Waals surface area contributed by atoms with E-state index < -0.39 is 0 Å². The minimum Gasteiger partial charge on any atom is -0.296 e. The Hall–Kier alpha value is -0.890. The van der Waals surface area contributed by atoms with E-state index in [2.05, 4.69) is 31.7 Å². The summed E-state index contributed by atoms with van der Waals surface area (Å²) in [5.74, 6) is 0.290. The molecule has 0 aromatic heterocycles. The standard InChI is InChI=1S/C15H22FN/c1-11(2)14-7-13(8-15(16)9-14)10-17-6-4-5-12(17)3/h7-9,11-12H,4-6,10H2,1-3H3. The van der Waals surface area contributed by atoms with E-state index >= 15 is 0 Å². The molecule has 1 unspecified atom stereocenters. The summed E-state index contributed by atoms with van der Waals surface area (Å²) in [6.45, 7) is 8.51. The van der Waals surface area contributed by atoms with Crippen LogP contribution in [0.3, 0.4) is 0 Å². The van der Waals surface area contributed by atoms with E-state index in [1.165, 1.54) is 12.8 Å². The summed E-state index contributed by atoms with van der Waals surface area (Å²) in [6.07, 6.45) is 2.54. The maximum atomic E-state index is 13.5. The summed E-state index contributed by atoms with van der Waals surface area (Å²) < 4.78 is 13.5. The van der Waals surface area contributed by atoms with E-state index in [1.54, 1.807) is 12.1 Å². The second-order valence-electron chi connectivity index (χ2n) is 5.51. The van der Waals surface area contributed by atoms with E-state index in [9.17, 15) is 4.39 Å². The van der Waals surface area contributed by atoms with Crippen LogP contribution < -0.4 is 0 Å². The van der Waals surface area contributed by atoms with Gasteiger partial charge in [0.15, 0.2) is 0 Å². The predicted molar refractivity (Wildman–Crippen MR) is 69.6 cm³/mol. The lowest BCUT2D eigenvalue weighted by atomic mass is 10.0. The molecule has 0 saturated carbocycles. The molecule has 0 radical (unpaired) electrons. The molecule has 1 aromatic carbocycles. The topological polar surface area (TPSA) is 3.24 Å². The van der Waals surface area contributed by atoms with Gasteiger partial charge in [0.1, 0.15) is 5.82 Å². The Kier molecular flexibility index (Phi) is 3.82. The second-order valence-corrected chi connectivity index (χ2v) is 5.51. The fourth-order valence-corrected chi connectivity index (χ4v) is 2.56. The van der Waals surface area contributed by atoms with Gasteiger partial charge in [-0.3, -0.25) is 4.90 Å². The maximum absolute atomic E-state index is 13.5. The minimum absolute atomic E-state index is 0.0990. The molecule has 1 heterocycles. The quantitative estimate of drug-likeness (QED) is 0.767. The molecule has 2 heteroatoms. The molecule has 17 heavy (non-hydrogen) atoms. The number of hydrogen-bond acceptors (Lipinski definition) is 1. The van der Waals surface area contributed by atoms with Gasteiger partial charge in [0, 0.05) is 12.6 Å². The van der Waals surface area contributed by atoms with Crippen molar-refractivity contribution in [2.75, 3.05) is 6.54 Å². The molecule has 1 nitrogen and oxygen atoms in total. The molecule has 0 spiro atoms. The zero-order chi connectivity index (χ0) is 12.4. The van der Waals surface area contributed by atoms with Gasteiger partial charge in [-0.05, 0) is 55.5 Å². The molecule has 1 fully saturated rings. The van der Waals surface area contributed by atoms with Crippen LogP contribution in [0.15, 0.2) is 18.2 Å². The number of rotatable bonds is 3. The Balaban J connectivity index is 2.15. The number of hydrogen-bond donors (Lipinski definition) is 0. The van der Waals surface area contributed by atoms with E-state index in [1.807, 2.05) is 0 Å². The molecule has 0 amide bonds. The lowest BCUT2D eigenvalue weighted by Gasteiger charge is -2.21. The smallest absolute Gasteiger partial charge is 0.123 e. The Morgan fingerprint density at radius 1 is 1.35 bits per heavy atom. The van der Waals surface area contributed by atoms with Crippen molar-refractivity contribution in [1.82, 2.24) is 4.90 Å². The molecular weight excluding hydrogens is 213 g/mol. The predicted octanol–water partition coefficient (Wildman–Crippen LogP) is 3.93. The lowest BCUT2D eigenvalue weighted by Crippen LogP contribution is -2.26. The van der Waals surface area contributed by atoms with Gasteiger partial charge in [-0.25, -0.2) is 4.39 Å². The molecule has 1 aliphatic heterocycles. The number of halogens is 1. The lowest BCUT2D eigenvalue weighted by molar-refractivity contribution is 0.260. The van der Waals surface area contributed by atoms with Crippen molar-refractivity contribution in [2.24, 2.45) is 0 Å². The van der Waals surface area contributed by atoms with Crippen LogP contribution in [0.25, 0.3) is 0 Å². The Morgan fingerprint density at radius 2 is 2.12 bits per heavy atom. The van der Waals surface area contributed by atoms with E-state index in [0.29, 0.717) is 12.0 Å². The van der Waals surface area contributed by atoms with Gasteiger partial charge in [0.05, 0.1) is 0 Å². The van der Waals surface area contributed by atoms with Crippen molar-refractivity contribution >= 4 is 0 Å². The summed E-state index contributed by atoms with van der Waals surface area (Å²) in [5, 5.41) is 0. The largest absolute Gasteiger partial charge is 0.296 e. The molecule has 0 N–H and O–H groups in total. The van der Waals surface area contributed by atoms with E-state index in [4.69, 9.17) is 0 Å². The molecule has 1 saturated heterocycles. The summed E-state index contributed by atoms with van der Waals surface area (Å²) in [6, 6.07) is 6.12. The minimum atomic E-state index is -0.0990. The van der Waals surface area contributed by atoms with Gasteiger partial charge in [0.25, 0.3) is 0 Å². The summed E-state index contributed by atoms with van der Waals surface area (Å²) in [7, 11) is 0. The highest BCUT2D eigenvalue weighted by Gasteiger charge is 2.20. The van der Waals surface area contributed by atoms with Crippen LogP contribution in [0.4, 0.5) is 4.39 Å². The van der Waals surface area contributed by atoms with Crippen LogP contribution in [-0.2, 0) is 6.54 Å². The first kappa shape index (κ1) is 12.6. The summed E-state index contributed by atoms with van der Waals surface area (Å²) in [4.78, 5) is 2.44. The third-order valence-electron chi connectivity index (χ3n) is 3.72. The van der Waals surface area contributed by atoms with Gasteiger partial charge < -0.3 is 0 Å². The first-order valence-corrected chi connectivity index (χ1v) is 6.59. The zero-order valence-corrected chi connectivity index (χ0v) is 11.0. The zero-order valence-electron chi connectivity index (χ0n) is 11.0. The van der Waals surface area contributed by atoms with Crippen LogP contribution in [0.2, 0.25) is 0 Å². The normalized spacial score (nSPS) is 21.4. The highest BCUT2D eigenvalue weighted by atomic mass is 19.1.